The second kappa shape index (κ2) is 6.38. The molecule has 1 rings (SSSR count). The van der Waals surface area contributed by atoms with Gasteiger partial charge in [0.15, 0.2) is 5.75 Å². The molecule has 1 heterocycles. The van der Waals surface area contributed by atoms with Gasteiger partial charge >= 0.3 is 5.97 Å². The second-order valence-corrected chi connectivity index (χ2v) is 4.39. The number of rotatable bonds is 6. The van der Waals surface area contributed by atoms with E-state index >= 15 is 0 Å². The van der Waals surface area contributed by atoms with E-state index in [-0.39, 0.29) is 12.3 Å². The summed E-state index contributed by atoms with van der Waals surface area (Å²) in [6, 6.07) is 1.25. The third kappa shape index (κ3) is 3.57. The molecule has 0 bridgehead atoms. The van der Waals surface area contributed by atoms with Crippen molar-refractivity contribution in [2.45, 2.75) is 33.9 Å². The van der Waals surface area contributed by atoms with Crippen LogP contribution in [0.1, 0.15) is 25.2 Å². The third-order valence-corrected chi connectivity index (χ3v) is 3.16. The van der Waals surface area contributed by atoms with E-state index in [9.17, 15) is 14.7 Å². The molecule has 0 aliphatic heterocycles. The minimum absolute atomic E-state index is 0.268. The molecule has 19 heavy (non-hydrogen) atoms. The van der Waals surface area contributed by atoms with Crippen LogP contribution in [-0.2, 0) is 17.9 Å². The second-order valence-electron chi connectivity index (χ2n) is 4.39. The van der Waals surface area contributed by atoms with Gasteiger partial charge in [0, 0.05) is 18.3 Å². The molecule has 0 aliphatic rings. The standard InChI is InChI=1S/C13H20N2O4/c1-4-14(5-2)7-10-13(19)11(16)6-9(3)15(10)8-12(17)18/h6,19H,4-5,7-8H2,1-3H3,(H,17,18). The number of aromatic hydroxyl groups is 1. The minimum atomic E-state index is -1.01. The zero-order valence-corrected chi connectivity index (χ0v) is 11.5. The lowest BCUT2D eigenvalue weighted by molar-refractivity contribution is -0.137. The van der Waals surface area contributed by atoms with Gasteiger partial charge in [-0.15, -0.1) is 0 Å². The van der Waals surface area contributed by atoms with Gasteiger partial charge in [-0.3, -0.25) is 14.5 Å². The van der Waals surface area contributed by atoms with E-state index in [1.165, 1.54) is 10.6 Å². The van der Waals surface area contributed by atoms with Crippen LogP contribution in [0.4, 0.5) is 0 Å². The first kappa shape index (κ1) is 15.2. The first-order chi connectivity index (χ1) is 8.90. The summed E-state index contributed by atoms with van der Waals surface area (Å²) >= 11 is 0. The fraction of sp³-hybridized carbons (Fsp3) is 0.538. The highest BCUT2D eigenvalue weighted by Crippen LogP contribution is 2.16. The highest BCUT2D eigenvalue weighted by atomic mass is 16.4. The summed E-state index contributed by atoms with van der Waals surface area (Å²) in [6.07, 6.45) is 0. The molecule has 0 radical (unpaired) electrons. The van der Waals surface area contributed by atoms with Crippen LogP contribution in [0.2, 0.25) is 0 Å². The zero-order valence-electron chi connectivity index (χ0n) is 11.5. The molecule has 2 N–H and O–H groups in total. The monoisotopic (exact) mass is 268 g/mol. The van der Waals surface area contributed by atoms with Crippen molar-refractivity contribution in [2.24, 2.45) is 0 Å². The number of carbonyl (C=O) groups is 1. The summed E-state index contributed by atoms with van der Waals surface area (Å²) in [5, 5.41) is 18.8. The molecule has 0 atom stereocenters. The predicted octanol–water partition coefficient (Wildman–Crippen LogP) is 0.789. The Hall–Kier alpha value is -1.82. The predicted molar refractivity (Wildman–Crippen MR) is 71.4 cm³/mol. The zero-order chi connectivity index (χ0) is 14.6. The van der Waals surface area contributed by atoms with E-state index in [1.807, 2.05) is 18.7 Å². The van der Waals surface area contributed by atoms with E-state index in [4.69, 9.17) is 5.11 Å². The number of hydrogen-bond acceptors (Lipinski definition) is 4. The van der Waals surface area contributed by atoms with E-state index in [0.29, 0.717) is 17.9 Å². The normalized spacial score (nSPS) is 10.9. The summed E-state index contributed by atoms with van der Waals surface area (Å²) in [6.45, 7) is 7.19. The van der Waals surface area contributed by atoms with Crippen molar-refractivity contribution in [1.82, 2.24) is 9.47 Å². The summed E-state index contributed by atoms with van der Waals surface area (Å²) in [4.78, 5) is 24.5. The maximum absolute atomic E-state index is 11.6. The summed E-state index contributed by atoms with van der Waals surface area (Å²) in [5.74, 6) is -1.37. The average molecular weight is 268 g/mol. The quantitative estimate of drug-likeness (QED) is 0.797. The van der Waals surface area contributed by atoms with Crippen LogP contribution in [0.3, 0.4) is 0 Å². The number of hydrogen-bond donors (Lipinski definition) is 2. The third-order valence-electron chi connectivity index (χ3n) is 3.16. The number of aromatic nitrogens is 1. The molecule has 106 valence electrons. The van der Waals surface area contributed by atoms with Crippen LogP contribution >= 0.6 is 0 Å². The summed E-state index contributed by atoms with van der Waals surface area (Å²) in [5.41, 5.74) is 0.421. The molecule has 0 aliphatic carbocycles. The Morgan fingerprint density at radius 3 is 2.42 bits per heavy atom. The molecule has 0 unspecified atom stereocenters. The topological polar surface area (TPSA) is 82.8 Å². The SMILES string of the molecule is CCN(CC)Cc1c(O)c(=O)cc(C)n1CC(=O)O. The van der Waals surface area contributed by atoms with Gasteiger partial charge in [-0.1, -0.05) is 13.8 Å². The van der Waals surface area contributed by atoms with Gasteiger partial charge < -0.3 is 14.8 Å². The molecular weight excluding hydrogens is 248 g/mol. The van der Waals surface area contributed by atoms with Crippen LogP contribution in [0.25, 0.3) is 0 Å². The summed E-state index contributed by atoms with van der Waals surface area (Å²) in [7, 11) is 0. The van der Waals surface area contributed by atoms with Crippen LogP contribution in [0, 0.1) is 6.92 Å². The Morgan fingerprint density at radius 1 is 1.37 bits per heavy atom. The molecule has 0 fully saturated rings. The fourth-order valence-corrected chi connectivity index (χ4v) is 1.99. The van der Waals surface area contributed by atoms with Crippen molar-refractivity contribution < 1.29 is 15.0 Å². The maximum atomic E-state index is 11.6. The number of aliphatic carboxylic acids is 1. The highest BCUT2D eigenvalue weighted by Gasteiger charge is 2.16. The van der Waals surface area contributed by atoms with Crippen LogP contribution < -0.4 is 5.43 Å². The van der Waals surface area contributed by atoms with E-state index in [2.05, 4.69) is 0 Å². The van der Waals surface area contributed by atoms with E-state index in [0.717, 1.165) is 13.1 Å². The molecule has 0 aromatic carbocycles. The van der Waals surface area contributed by atoms with Gasteiger partial charge in [0.05, 0.1) is 5.69 Å². The lowest BCUT2D eigenvalue weighted by Gasteiger charge is -2.22. The maximum Gasteiger partial charge on any atom is 0.323 e. The molecular formula is C13H20N2O4. The number of aryl methyl sites for hydroxylation is 1. The minimum Gasteiger partial charge on any atom is -0.503 e. The van der Waals surface area contributed by atoms with E-state index in [1.54, 1.807) is 6.92 Å². The molecule has 0 saturated carbocycles. The molecule has 0 amide bonds. The van der Waals surface area contributed by atoms with Crippen molar-refractivity contribution in [3.63, 3.8) is 0 Å². The van der Waals surface area contributed by atoms with Crippen LogP contribution in [-0.4, -0.2) is 38.7 Å². The van der Waals surface area contributed by atoms with Crippen molar-refractivity contribution in [3.05, 3.63) is 27.7 Å². The smallest absolute Gasteiger partial charge is 0.323 e. The number of carboxylic acids is 1. The molecule has 0 saturated heterocycles. The highest BCUT2D eigenvalue weighted by molar-refractivity contribution is 5.67. The van der Waals surface area contributed by atoms with Crippen molar-refractivity contribution >= 4 is 5.97 Å². The molecule has 1 aromatic heterocycles. The number of pyridine rings is 1. The van der Waals surface area contributed by atoms with Crippen molar-refractivity contribution in [3.8, 4) is 5.75 Å². The fourth-order valence-electron chi connectivity index (χ4n) is 1.99. The Morgan fingerprint density at radius 2 is 1.95 bits per heavy atom. The lowest BCUT2D eigenvalue weighted by Crippen LogP contribution is -2.28. The van der Waals surface area contributed by atoms with Gasteiger partial charge in [-0.2, -0.15) is 0 Å². The van der Waals surface area contributed by atoms with Gasteiger partial charge in [0.25, 0.3) is 0 Å². The largest absolute Gasteiger partial charge is 0.503 e. The number of nitrogens with zero attached hydrogens (tertiary/aromatic N) is 2. The lowest BCUT2D eigenvalue weighted by atomic mass is 10.2. The Kier molecular flexibility index (Phi) is 5.11. The van der Waals surface area contributed by atoms with Gasteiger partial charge in [-0.05, 0) is 20.0 Å². The van der Waals surface area contributed by atoms with Crippen LogP contribution in [0.5, 0.6) is 5.75 Å². The molecule has 6 heteroatoms. The summed E-state index contributed by atoms with van der Waals surface area (Å²) < 4.78 is 1.47. The average Bonchev–Trinajstić information content (AvgIpc) is 2.35. The Labute approximate surface area is 111 Å². The first-order valence-corrected chi connectivity index (χ1v) is 6.27. The molecule has 1 aromatic rings. The van der Waals surface area contributed by atoms with Gasteiger partial charge in [-0.25, -0.2) is 0 Å². The first-order valence-electron chi connectivity index (χ1n) is 6.27. The molecule has 6 nitrogen and oxygen atoms in total. The van der Waals surface area contributed by atoms with Gasteiger partial charge in [0.2, 0.25) is 5.43 Å². The van der Waals surface area contributed by atoms with Crippen molar-refractivity contribution in [2.75, 3.05) is 13.1 Å². The van der Waals surface area contributed by atoms with Gasteiger partial charge in [0.1, 0.15) is 6.54 Å². The Balaban J connectivity index is 3.31. The number of carboxylic acid groups (broad SMARTS) is 1. The van der Waals surface area contributed by atoms with Crippen LogP contribution in [0.15, 0.2) is 10.9 Å². The van der Waals surface area contributed by atoms with Crippen molar-refractivity contribution in [1.29, 1.82) is 0 Å². The van der Waals surface area contributed by atoms with E-state index < -0.39 is 11.4 Å². The molecule has 0 spiro atoms. The Bertz CT molecular complexity index is 518.